The number of thioether (sulfide) groups is 1. The number of ether oxygens (including phenoxy) is 1. The maximum Gasteiger partial charge on any atom is 0.333 e. The molecule has 22 heavy (non-hydrogen) atoms. The van der Waals surface area contributed by atoms with E-state index in [0.717, 1.165) is 11.3 Å². The van der Waals surface area contributed by atoms with Gasteiger partial charge in [0.2, 0.25) is 6.29 Å². The van der Waals surface area contributed by atoms with E-state index >= 15 is 0 Å². The third-order valence-corrected chi connectivity index (χ3v) is 4.82. The summed E-state index contributed by atoms with van der Waals surface area (Å²) in [5.74, 6) is 0.655. The number of aliphatic hydroxyl groups is 1. The Kier molecular flexibility index (Phi) is 7.00. The van der Waals surface area contributed by atoms with Crippen molar-refractivity contribution in [1.29, 1.82) is 0 Å². The minimum Gasteiger partial charge on any atom is -0.428 e. The van der Waals surface area contributed by atoms with Crippen LogP contribution < -0.4 is 0 Å². The molecule has 0 spiro atoms. The normalized spacial score (nSPS) is 17.5. The summed E-state index contributed by atoms with van der Waals surface area (Å²) in [5.41, 5.74) is 1.37. The van der Waals surface area contributed by atoms with Crippen LogP contribution in [-0.2, 0) is 9.53 Å². The van der Waals surface area contributed by atoms with Crippen LogP contribution in [0.3, 0.4) is 0 Å². The predicted molar refractivity (Wildman–Crippen MR) is 90.6 cm³/mol. The Hall–Kier alpha value is -1.26. The van der Waals surface area contributed by atoms with E-state index in [9.17, 15) is 9.90 Å². The van der Waals surface area contributed by atoms with Gasteiger partial charge in [0.15, 0.2) is 0 Å². The molecule has 120 valence electrons. The molecule has 1 heterocycles. The number of rotatable bonds is 9. The van der Waals surface area contributed by atoms with E-state index in [4.69, 9.17) is 4.74 Å². The Labute approximate surface area is 136 Å². The molecule has 0 bridgehead atoms. The summed E-state index contributed by atoms with van der Waals surface area (Å²) < 4.78 is 4.70. The first kappa shape index (κ1) is 17.1. The van der Waals surface area contributed by atoms with Gasteiger partial charge in [-0.3, -0.25) is 0 Å². The molecule has 0 aliphatic carbocycles. The molecule has 0 radical (unpaired) electrons. The third kappa shape index (κ3) is 5.18. The highest BCUT2D eigenvalue weighted by atomic mass is 32.2. The van der Waals surface area contributed by atoms with Gasteiger partial charge in [-0.25, -0.2) is 4.79 Å². The van der Waals surface area contributed by atoms with Crippen LogP contribution in [0.5, 0.6) is 0 Å². The summed E-state index contributed by atoms with van der Waals surface area (Å²) in [6.45, 7) is 2.24. The standard InChI is InChI=1S/C18H24O3S/c1-2-3-4-5-6-7-12-22-15-10-8-14(9-11-15)16-13-17(19)21-18(16)20/h8-11,13,18,20H,2-7,12H2,1H3. The number of benzene rings is 1. The number of esters is 1. The average Bonchev–Trinajstić information content (AvgIpc) is 2.86. The molecule has 3 nitrogen and oxygen atoms in total. The zero-order valence-electron chi connectivity index (χ0n) is 13.1. The number of aliphatic hydroxyl groups excluding tert-OH is 1. The number of carbonyl (C=O) groups excluding carboxylic acids is 1. The highest BCUT2D eigenvalue weighted by Gasteiger charge is 2.24. The Balaban J connectivity index is 1.73. The van der Waals surface area contributed by atoms with Crippen LogP contribution in [0.25, 0.3) is 5.57 Å². The van der Waals surface area contributed by atoms with Crippen molar-refractivity contribution < 1.29 is 14.6 Å². The monoisotopic (exact) mass is 320 g/mol. The van der Waals surface area contributed by atoms with Crippen molar-refractivity contribution in [2.24, 2.45) is 0 Å². The number of carbonyl (C=O) groups is 1. The summed E-state index contributed by atoms with van der Waals surface area (Å²) in [6.07, 6.45) is 8.12. The molecule has 2 rings (SSSR count). The largest absolute Gasteiger partial charge is 0.428 e. The van der Waals surface area contributed by atoms with Gasteiger partial charge >= 0.3 is 5.97 Å². The molecule has 1 aliphatic rings. The van der Waals surface area contributed by atoms with Crippen molar-refractivity contribution in [3.05, 3.63) is 35.9 Å². The first-order valence-corrected chi connectivity index (χ1v) is 9.03. The Morgan fingerprint density at radius 1 is 1.09 bits per heavy atom. The molecule has 1 aromatic carbocycles. The number of hydrogen-bond donors (Lipinski definition) is 1. The maximum absolute atomic E-state index is 11.1. The summed E-state index contributed by atoms with van der Waals surface area (Å²) in [4.78, 5) is 12.3. The lowest BCUT2D eigenvalue weighted by Gasteiger charge is -2.08. The lowest BCUT2D eigenvalue weighted by Crippen LogP contribution is -2.09. The van der Waals surface area contributed by atoms with Gasteiger partial charge < -0.3 is 9.84 Å². The molecule has 1 aromatic rings. The van der Waals surface area contributed by atoms with Crippen molar-refractivity contribution in [3.63, 3.8) is 0 Å². The van der Waals surface area contributed by atoms with Gasteiger partial charge in [-0.2, -0.15) is 0 Å². The maximum atomic E-state index is 11.1. The van der Waals surface area contributed by atoms with Crippen LogP contribution in [0.4, 0.5) is 0 Å². The Morgan fingerprint density at radius 3 is 2.41 bits per heavy atom. The third-order valence-electron chi connectivity index (χ3n) is 3.72. The van der Waals surface area contributed by atoms with Crippen molar-refractivity contribution in [2.45, 2.75) is 56.6 Å². The summed E-state index contributed by atoms with van der Waals surface area (Å²) >= 11 is 1.86. The fourth-order valence-corrected chi connectivity index (χ4v) is 3.36. The average molecular weight is 320 g/mol. The molecule has 0 saturated heterocycles. The highest BCUT2D eigenvalue weighted by molar-refractivity contribution is 7.99. The molecule has 0 fully saturated rings. The zero-order valence-corrected chi connectivity index (χ0v) is 13.9. The molecule has 1 N–H and O–H groups in total. The minimum absolute atomic E-state index is 0.482. The van der Waals surface area contributed by atoms with E-state index < -0.39 is 12.3 Å². The van der Waals surface area contributed by atoms with E-state index in [1.54, 1.807) is 0 Å². The summed E-state index contributed by atoms with van der Waals surface area (Å²) in [5, 5.41) is 9.63. The Morgan fingerprint density at radius 2 is 1.77 bits per heavy atom. The molecule has 0 aromatic heterocycles. The topological polar surface area (TPSA) is 46.5 Å². The smallest absolute Gasteiger partial charge is 0.333 e. The number of cyclic esters (lactones) is 1. The van der Waals surface area contributed by atoms with Gasteiger partial charge in [0.25, 0.3) is 0 Å². The lowest BCUT2D eigenvalue weighted by molar-refractivity contribution is -0.149. The van der Waals surface area contributed by atoms with Crippen LogP contribution in [0.15, 0.2) is 35.2 Å². The van der Waals surface area contributed by atoms with Crippen LogP contribution in [-0.4, -0.2) is 23.1 Å². The van der Waals surface area contributed by atoms with Crippen molar-refractivity contribution >= 4 is 23.3 Å². The second kappa shape index (κ2) is 9.01. The fourth-order valence-electron chi connectivity index (χ4n) is 2.45. The SMILES string of the molecule is CCCCCCCCSc1ccc(C2=CC(=O)OC2O)cc1. The van der Waals surface area contributed by atoms with Gasteiger partial charge in [-0.1, -0.05) is 51.2 Å². The van der Waals surface area contributed by atoms with Crippen molar-refractivity contribution in [3.8, 4) is 0 Å². The second-order valence-corrected chi connectivity index (χ2v) is 6.70. The number of hydrogen-bond acceptors (Lipinski definition) is 4. The molecular weight excluding hydrogens is 296 g/mol. The van der Waals surface area contributed by atoms with E-state index in [1.165, 1.54) is 49.5 Å². The lowest BCUT2D eigenvalue weighted by atomic mass is 10.1. The minimum atomic E-state index is -1.13. The van der Waals surface area contributed by atoms with Gasteiger partial charge in [0.05, 0.1) is 0 Å². The molecule has 0 amide bonds. The van der Waals surface area contributed by atoms with E-state index in [-0.39, 0.29) is 0 Å². The van der Waals surface area contributed by atoms with Gasteiger partial charge in [0.1, 0.15) is 0 Å². The van der Waals surface area contributed by atoms with Gasteiger partial charge in [0, 0.05) is 16.5 Å². The predicted octanol–water partition coefficient (Wildman–Crippen LogP) is 4.40. The first-order chi connectivity index (χ1) is 10.7. The number of unbranched alkanes of at least 4 members (excludes halogenated alkanes) is 5. The van der Waals surface area contributed by atoms with Crippen LogP contribution in [0, 0.1) is 0 Å². The molecule has 1 atom stereocenters. The zero-order chi connectivity index (χ0) is 15.8. The van der Waals surface area contributed by atoms with E-state index in [2.05, 4.69) is 6.92 Å². The Bertz CT molecular complexity index is 508. The quantitative estimate of drug-likeness (QED) is 0.416. The summed E-state index contributed by atoms with van der Waals surface area (Å²) in [7, 11) is 0. The van der Waals surface area contributed by atoms with E-state index in [0.29, 0.717) is 5.57 Å². The van der Waals surface area contributed by atoms with Crippen molar-refractivity contribution in [1.82, 2.24) is 0 Å². The van der Waals surface area contributed by atoms with Crippen LogP contribution in [0.1, 0.15) is 51.0 Å². The molecular formula is C18H24O3S. The van der Waals surface area contributed by atoms with E-state index in [1.807, 2.05) is 36.0 Å². The van der Waals surface area contributed by atoms with Crippen molar-refractivity contribution in [2.75, 3.05) is 5.75 Å². The second-order valence-electron chi connectivity index (χ2n) is 5.53. The molecule has 0 saturated carbocycles. The molecule has 1 unspecified atom stereocenters. The highest BCUT2D eigenvalue weighted by Crippen LogP contribution is 2.27. The fraction of sp³-hybridized carbons (Fsp3) is 0.500. The molecule has 4 heteroatoms. The molecule has 1 aliphatic heterocycles. The van der Waals surface area contributed by atoms with Crippen LogP contribution >= 0.6 is 11.8 Å². The van der Waals surface area contributed by atoms with Gasteiger partial charge in [-0.05, 0) is 29.9 Å². The van der Waals surface area contributed by atoms with Crippen LogP contribution in [0.2, 0.25) is 0 Å². The van der Waals surface area contributed by atoms with Gasteiger partial charge in [-0.15, -0.1) is 11.8 Å². The summed E-state index contributed by atoms with van der Waals surface area (Å²) in [6, 6.07) is 7.93. The first-order valence-electron chi connectivity index (χ1n) is 8.04.